The standard InChI is InChI=1S/C11H17NO3/c1-7(12)8-5-10(14-3)11(15-4)6-9(8)13-2/h5-7H,12H2,1-4H3. The van der Waals surface area contributed by atoms with Crippen molar-refractivity contribution in [3.8, 4) is 17.2 Å². The van der Waals surface area contributed by atoms with Crippen LogP contribution in [0.1, 0.15) is 18.5 Å². The van der Waals surface area contributed by atoms with E-state index < -0.39 is 0 Å². The van der Waals surface area contributed by atoms with Gasteiger partial charge in [-0.05, 0) is 13.0 Å². The molecule has 0 saturated heterocycles. The van der Waals surface area contributed by atoms with Crippen molar-refractivity contribution in [3.05, 3.63) is 17.7 Å². The predicted molar refractivity (Wildman–Crippen MR) is 58.7 cm³/mol. The Morgan fingerprint density at radius 1 is 0.933 bits per heavy atom. The molecule has 0 radical (unpaired) electrons. The Labute approximate surface area is 89.9 Å². The van der Waals surface area contributed by atoms with Crippen LogP contribution in [0.4, 0.5) is 0 Å². The second kappa shape index (κ2) is 4.89. The highest BCUT2D eigenvalue weighted by atomic mass is 16.5. The SMILES string of the molecule is COc1cc(OC)c(C(C)N)cc1OC. The monoisotopic (exact) mass is 211 g/mol. The molecule has 0 aliphatic rings. The highest BCUT2D eigenvalue weighted by Gasteiger charge is 2.13. The van der Waals surface area contributed by atoms with E-state index in [2.05, 4.69) is 0 Å². The van der Waals surface area contributed by atoms with Crippen molar-refractivity contribution < 1.29 is 14.2 Å². The molecule has 0 amide bonds. The number of hydrogen-bond donors (Lipinski definition) is 1. The normalized spacial score (nSPS) is 12.1. The second-order valence-corrected chi connectivity index (χ2v) is 3.24. The molecule has 1 aromatic rings. The van der Waals surface area contributed by atoms with Crippen LogP contribution in [0.2, 0.25) is 0 Å². The lowest BCUT2D eigenvalue weighted by atomic mass is 10.1. The number of benzene rings is 1. The Hall–Kier alpha value is -1.42. The molecule has 4 heteroatoms. The number of nitrogens with two attached hydrogens (primary N) is 1. The van der Waals surface area contributed by atoms with E-state index in [1.165, 1.54) is 0 Å². The molecule has 4 nitrogen and oxygen atoms in total. The minimum absolute atomic E-state index is 0.111. The molecule has 0 aromatic heterocycles. The predicted octanol–water partition coefficient (Wildman–Crippen LogP) is 1.73. The quantitative estimate of drug-likeness (QED) is 0.824. The van der Waals surface area contributed by atoms with Gasteiger partial charge in [0.1, 0.15) is 5.75 Å². The lowest BCUT2D eigenvalue weighted by Gasteiger charge is -2.15. The minimum atomic E-state index is -0.111. The van der Waals surface area contributed by atoms with Gasteiger partial charge in [-0.25, -0.2) is 0 Å². The molecule has 0 aliphatic carbocycles. The lowest BCUT2D eigenvalue weighted by Crippen LogP contribution is -2.07. The Bertz CT molecular complexity index is 337. The lowest BCUT2D eigenvalue weighted by molar-refractivity contribution is 0.346. The first kappa shape index (κ1) is 11.7. The van der Waals surface area contributed by atoms with Crippen LogP contribution in [0, 0.1) is 0 Å². The maximum atomic E-state index is 5.83. The summed E-state index contributed by atoms with van der Waals surface area (Å²) in [5, 5.41) is 0. The van der Waals surface area contributed by atoms with Crippen molar-refractivity contribution >= 4 is 0 Å². The average molecular weight is 211 g/mol. The van der Waals surface area contributed by atoms with Crippen molar-refractivity contribution in [1.29, 1.82) is 0 Å². The molecule has 15 heavy (non-hydrogen) atoms. The van der Waals surface area contributed by atoms with Gasteiger partial charge < -0.3 is 19.9 Å². The Morgan fingerprint density at radius 3 is 1.80 bits per heavy atom. The van der Waals surface area contributed by atoms with Crippen molar-refractivity contribution in [2.45, 2.75) is 13.0 Å². The third kappa shape index (κ3) is 2.33. The molecular weight excluding hydrogens is 194 g/mol. The molecule has 0 bridgehead atoms. The van der Waals surface area contributed by atoms with Crippen LogP contribution in [-0.2, 0) is 0 Å². The Balaban J connectivity index is 3.27. The number of rotatable bonds is 4. The van der Waals surface area contributed by atoms with Gasteiger partial charge in [0, 0.05) is 17.7 Å². The van der Waals surface area contributed by atoms with Crippen LogP contribution in [0.5, 0.6) is 17.2 Å². The summed E-state index contributed by atoms with van der Waals surface area (Å²) in [7, 11) is 4.78. The smallest absolute Gasteiger partial charge is 0.164 e. The summed E-state index contributed by atoms with van der Waals surface area (Å²) in [6.07, 6.45) is 0. The van der Waals surface area contributed by atoms with E-state index >= 15 is 0 Å². The minimum Gasteiger partial charge on any atom is -0.496 e. The number of hydrogen-bond acceptors (Lipinski definition) is 4. The largest absolute Gasteiger partial charge is 0.496 e. The fraction of sp³-hybridized carbons (Fsp3) is 0.455. The number of methoxy groups -OCH3 is 3. The van der Waals surface area contributed by atoms with E-state index in [1.807, 2.05) is 13.0 Å². The van der Waals surface area contributed by atoms with Crippen LogP contribution in [0.25, 0.3) is 0 Å². The van der Waals surface area contributed by atoms with E-state index in [0.717, 1.165) is 5.56 Å². The summed E-state index contributed by atoms with van der Waals surface area (Å²) < 4.78 is 15.6. The van der Waals surface area contributed by atoms with Crippen molar-refractivity contribution in [2.24, 2.45) is 5.73 Å². The van der Waals surface area contributed by atoms with Crippen LogP contribution < -0.4 is 19.9 Å². The molecular formula is C11H17NO3. The molecule has 2 N–H and O–H groups in total. The zero-order valence-corrected chi connectivity index (χ0v) is 9.53. The fourth-order valence-corrected chi connectivity index (χ4v) is 1.41. The van der Waals surface area contributed by atoms with Crippen LogP contribution in [0.3, 0.4) is 0 Å². The van der Waals surface area contributed by atoms with E-state index in [4.69, 9.17) is 19.9 Å². The summed E-state index contributed by atoms with van der Waals surface area (Å²) in [4.78, 5) is 0. The van der Waals surface area contributed by atoms with Crippen molar-refractivity contribution in [2.75, 3.05) is 21.3 Å². The first-order valence-corrected chi connectivity index (χ1v) is 4.69. The summed E-state index contributed by atoms with van der Waals surface area (Å²) >= 11 is 0. The molecule has 0 heterocycles. The first-order chi connectivity index (χ1) is 7.13. The average Bonchev–Trinajstić information content (AvgIpc) is 2.26. The van der Waals surface area contributed by atoms with Gasteiger partial charge in [-0.15, -0.1) is 0 Å². The van der Waals surface area contributed by atoms with E-state index in [9.17, 15) is 0 Å². The maximum absolute atomic E-state index is 5.83. The fourth-order valence-electron chi connectivity index (χ4n) is 1.41. The van der Waals surface area contributed by atoms with Gasteiger partial charge in [-0.2, -0.15) is 0 Å². The van der Waals surface area contributed by atoms with E-state index in [0.29, 0.717) is 17.2 Å². The van der Waals surface area contributed by atoms with Gasteiger partial charge in [0.2, 0.25) is 0 Å². The zero-order valence-electron chi connectivity index (χ0n) is 9.53. The van der Waals surface area contributed by atoms with Gasteiger partial charge in [-0.1, -0.05) is 0 Å². The van der Waals surface area contributed by atoms with Gasteiger partial charge in [0.25, 0.3) is 0 Å². The topological polar surface area (TPSA) is 53.7 Å². The molecule has 0 aliphatic heterocycles. The highest BCUT2D eigenvalue weighted by molar-refractivity contribution is 5.51. The Morgan fingerprint density at radius 2 is 1.40 bits per heavy atom. The summed E-state index contributed by atoms with van der Waals surface area (Å²) in [5.41, 5.74) is 6.73. The summed E-state index contributed by atoms with van der Waals surface area (Å²) in [6, 6.07) is 3.50. The molecule has 1 rings (SSSR count). The molecule has 84 valence electrons. The summed E-state index contributed by atoms with van der Waals surface area (Å²) in [6.45, 7) is 1.89. The van der Waals surface area contributed by atoms with E-state index in [-0.39, 0.29) is 6.04 Å². The highest BCUT2D eigenvalue weighted by Crippen LogP contribution is 2.36. The van der Waals surface area contributed by atoms with Gasteiger partial charge >= 0.3 is 0 Å². The van der Waals surface area contributed by atoms with E-state index in [1.54, 1.807) is 27.4 Å². The zero-order chi connectivity index (χ0) is 11.4. The van der Waals surface area contributed by atoms with Crippen molar-refractivity contribution in [3.63, 3.8) is 0 Å². The third-order valence-electron chi connectivity index (χ3n) is 2.23. The third-order valence-corrected chi connectivity index (χ3v) is 2.23. The molecule has 1 unspecified atom stereocenters. The first-order valence-electron chi connectivity index (χ1n) is 4.69. The van der Waals surface area contributed by atoms with Crippen LogP contribution in [0.15, 0.2) is 12.1 Å². The van der Waals surface area contributed by atoms with Gasteiger partial charge in [0.05, 0.1) is 21.3 Å². The van der Waals surface area contributed by atoms with Crippen LogP contribution in [-0.4, -0.2) is 21.3 Å². The summed E-state index contributed by atoms with van der Waals surface area (Å²) in [5.74, 6) is 2.01. The molecule has 0 fully saturated rings. The van der Waals surface area contributed by atoms with Gasteiger partial charge in [-0.3, -0.25) is 0 Å². The van der Waals surface area contributed by atoms with Crippen LogP contribution >= 0.6 is 0 Å². The van der Waals surface area contributed by atoms with Gasteiger partial charge in [0.15, 0.2) is 11.5 Å². The maximum Gasteiger partial charge on any atom is 0.164 e. The van der Waals surface area contributed by atoms with Crippen molar-refractivity contribution in [1.82, 2.24) is 0 Å². The molecule has 1 atom stereocenters. The second-order valence-electron chi connectivity index (χ2n) is 3.24. The molecule has 0 saturated carbocycles. The molecule has 0 spiro atoms. The Kier molecular flexibility index (Phi) is 3.80. The number of ether oxygens (including phenoxy) is 3. The molecule has 1 aromatic carbocycles.